The first-order valence-electron chi connectivity index (χ1n) is 10.4. The Kier molecular flexibility index (Phi) is 6.07. The van der Waals surface area contributed by atoms with E-state index in [-0.39, 0.29) is 21.6 Å². The molecule has 0 bridgehead atoms. The highest BCUT2D eigenvalue weighted by molar-refractivity contribution is 14.1. The molecule has 1 aliphatic carbocycles. The summed E-state index contributed by atoms with van der Waals surface area (Å²) >= 11 is 2.31. The van der Waals surface area contributed by atoms with Crippen molar-refractivity contribution in [3.63, 3.8) is 0 Å². The summed E-state index contributed by atoms with van der Waals surface area (Å²) in [6.45, 7) is 4.46. The van der Waals surface area contributed by atoms with E-state index in [9.17, 15) is 18.3 Å². The second kappa shape index (κ2) is 8.23. The number of piperidine rings is 1. The molecule has 170 valence electrons. The van der Waals surface area contributed by atoms with Gasteiger partial charge in [-0.25, -0.2) is 17.7 Å². The number of anilines is 1. The number of aryl methyl sites for hydroxylation is 1. The van der Waals surface area contributed by atoms with Gasteiger partial charge >= 0.3 is 0 Å². The van der Waals surface area contributed by atoms with Crippen molar-refractivity contribution in [2.75, 3.05) is 24.7 Å². The summed E-state index contributed by atoms with van der Waals surface area (Å²) in [5.41, 5.74) is -0.0350. The van der Waals surface area contributed by atoms with Gasteiger partial charge in [0.05, 0.1) is 17.9 Å². The molecule has 0 amide bonds. The van der Waals surface area contributed by atoms with Crippen LogP contribution in [0.2, 0.25) is 0 Å². The molecule has 1 saturated heterocycles. The number of fused-ring (bicyclic) bond motifs is 1. The van der Waals surface area contributed by atoms with E-state index in [1.165, 1.54) is 10.6 Å². The van der Waals surface area contributed by atoms with E-state index in [1.807, 2.05) is 0 Å². The van der Waals surface area contributed by atoms with Crippen molar-refractivity contribution < 1.29 is 13.5 Å². The average Bonchev–Trinajstić information content (AvgIpc) is 2.96. The zero-order valence-electron chi connectivity index (χ0n) is 17.9. The molecule has 2 fully saturated rings. The maximum atomic E-state index is 13.1. The summed E-state index contributed by atoms with van der Waals surface area (Å²) < 4.78 is 26.7. The summed E-state index contributed by atoms with van der Waals surface area (Å²) in [4.78, 5) is 22.2. The number of aliphatic hydroxyl groups is 1. The van der Waals surface area contributed by atoms with Gasteiger partial charge < -0.3 is 10.4 Å². The molecular weight excluding hydrogens is 533 g/mol. The Balaban J connectivity index is 1.68. The van der Waals surface area contributed by atoms with E-state index >= 15 is 0 Å². The third-order valence-electron chi connectivity index (χ3n) is 6.39. The van der Waals surface area contributed by atoms with Gasteiger partial charge in [-0.2, -0.15) is 4.98 Å². The number of rotatable bonds is 4. The second-order valence-corrected chi connectivity index (χ2v) is 12.5. The fraction of sp³-hybridized carbons (Fsp3) is 0.650. The molecule has 0 radical (unpaired) electrons. The van der Waals surface area contributed by atoms with Crippen LogP contribution in [-0.4, -0.2) is 67.3 Å². The van der Waals surface area contributed by atoms with Gasteiger partial charge in [-0.05, 0) is 45.6 Å². The van der Waals surface area contributed by atoms with Crippen molar-refractivity contribution in [1.29, 1.82) is 0 Å². The van der Waals surface area contributed by atoms with E-state index in [1.54, 1.807) is 30.7 Å². The fourth-order valence-corrected chi connectivity index (χ4v) is 6.95. The molecule has 11 heteroatoms. The van der Waals surface area contributed by atoms with Gasteiger partial charge in [-0.15, -0.1) is 0 Å². The summed E-state index contributed by atoms with van der Waals surface area (Å²) in [5.74, 6) is 0.407. The molecule has 1 saturated carbocycles. The van der Waals surface area contributed by atoms with Gasteiger partial charge in [-0.1, -0.05) is 22.6 Å². The minimum absolute atomic E-state index is 0.0491. The lowest BCUT2D eigenvalue weighted by molar-refractivity contribution is 0.0284. The molecule has 2 aromatic heterocycles. The van der Waals surface area contributed by atoms with E-state index in [0.717, 1.165) is 11.8 Å². The Labute approximate surface area is 195 Å². The van der Waals surface area contributed by atoms with Gasteiger partial charge in [0.1, 0.15) is 5.65 Å². The van der Waals surface area contributed by atoms with Crippen molar-refractivity contribution >= 4 is 49.6 Å². The topological polar surface area (TPSA) is 117 Å². The molecule has 4 rings (SSSR count). The van der Waals surface area contributed by atoms with Crippen molar-refractivity contribution in [2.24, 2.45) is 0 Å². The quantitative estimate of drug-likeness (QED) is 0.432. The Morgan fingerprint density at radius 2 is 1.97 bits per heavy atom. The summed E-state index contributed by atoms with van der Waals surface area (Å²) in [6.07, 6.45) is 5.69. The number of hydrogen-bond donors (Lipinski definition) is 2. The average molecular weight is 561 g/mol. The summed E-state index contributed by atoms with van der Waals surface area (Å²) in [6, 6.07) is 1.46. The highest BCUT2D eigenvalue weighted by Crippen LogP contribution is 2.43. The van der Waals surface area contributed by atoms with E-state index in [4.69, 9.17) is 0 Å². The molecular formula is C20H28IN5O4S. The number of alkyl halides is 1. The Morgan fingerprint density at radius 1 is 1.29 bits per heavy atom. The number of nitrogens with one attached hydrogen (secondary N) is 1. The minimum atomic E-state index is -3.18. The molecule has 1 unspecified atom stereocenters. The Bertz CT molecular complexity index is 1160. The molecule has 0 aromatic carbocycles. The lowest BCUT2D eigenvalue weighted by Gasteiger charge is -2.31. The van der Waals surface area contributed by atoms with Gasteiger partial charge in [0.25, 0.3) is 5.56 Å². The van der Waals surface area contributed by atoms with Gasteiger partial charge in [0, 0.05) is 40.2 Å². The summed E-state index contributed by atoms with van der Waals surface area (Å²) in [5, 5.41) is 15.1. The maximum Gasteiger partial charge on any atom is 0.255 e. The molecule has 2 aliphatic rings. The molecule has 0 spiro atoms. The molecule has 31 heavy (non-hydrogen) atoms. The van der Waals surface area contributed by atoms with Crippen LogP contribution in [0, 0.1) is 6.92 Å². The van der Waals surface area contributed by atoms with Crippen LogP contribution in [0.1, 0.15) is 44.2 Å². The lowest BCUT2D eigenvalue weighted by Crippen LogP contribution is -2.42. The van der Waals surface area contributed by atoms with Crippen LogP contribution in [0.3, 0.4) is 0 Å². The van der Waals surface area contributed by atoms with Crippen LogP contribution in [0.5, 0.6) is 0 Å². The lowest BCUT2D eigenvalue weighted by atomic mass is 9.99. The molecule has 1 aliphatic heterocycles. The van der Waals surface area contributed by atoms with Gasteiger partial charge in [-0.3, -0.25) is 9.36 Å². The predicted octanol–water partition coefficient (Wildman–Crippen LogP) is 1.83. The predicted molar refractivity (Wildman–Crippen MR) is 128 cm³/mol. The van der Waals surface area contributed by atoms with Crippen LogP contribution >= 0.6 is 22.6 Å². The van der Waals surface area contributed by atoms with Crippen molar-refractivity contribution in [2.45, 2.75) is 61.1 Å². The van der Waals surface area contributed by atoms with Gasteiger partial charge in [0.15, 0.2) is 0 Å². The first-order valence-corrected chi connectivity index (χ1v) is 13.5. The van der Waals surface area contributed by atoms with Gasteiger partial charge in [0.2, 0.25) is 16.0 Å². The molecule has 9 nitrogen and oxygen atoms in total. The Morgan fingerprint density at radius 3 is 2.55 bits per heavy atom. The van der Waals surface area contributed by atoms with Crippen molar-refractivity contribution in [1.82, 2.24) is 18.8 Å². The maximum absolute atomic E-state index is 13.1. The highest BCUT2D eigenvalue weighted by atomic mass is 127. The second-order valence-electron chi connectivity index (χ2n) is 8.91. The number of halogens is 1. The number of pyridine rings is 1. The fourth-order valence-electron chi connectivity index (χ4n) is 4.67. The van der Waals surface area contributed by atoms with E-state index in [2.05, 4.69) is 37.9 Å². The third kappa shape index (κ3) is 4.46. The minimum Gasteiger partial charge on any atom is -0.388 e. The number of nitrogens with zero attached hydrogens (tertiary/aromatic N) is 4. The van der Waals surface area contributed by atoms with Crippen molar-refractivity contribution in [3.8, 4) is 0 Å². The van der Waals surface area contributed by atoms with Crippen LogP contribution in [0.4, 0.5) is 5.95 Å². The molecule has 3 heterocycles. The summed E-state index contributed by atoms with van der Waals surface area (Å²) in [7, 11) is -3.18. The number of sulfonamides is 1. The monoisotopic (exact) mass is 561 g/mol. The highest BCUT2D eigenvalue weighted by Gasteiger charge is 2.45. The van der Waals surface area contributed by atoms with E-state index in [0.29, 0.717) is 49.5 Å². The molecule has 2 aromatic rings. The first kappa shape index (κ1) is 22.9. The molecule has 3 atom stereocenters. The zero-order valence-corrected chi connectivity index (χ0v) is 20.9. The third-order valence-corrected chi connectivity index (χ3v) is 9.00. The SMILES string of the molecule is Cc1cc2cnc(NC3CCN(S(C)(=O)=O)CC3)nc2n([C@@H]2C(I)CC[C@@]2(C)O)c1=O. The largest absolute Gasteiger partial charge is 0.388 e. The van der Waals surface area contributed by atoms with Crippen molar-refractivity contribution in [3.05, 3.63) is 28.2 Å². The molecule has 2 N–H and O–H groups in total. The van der Waals surface area contributed by atoms with Crippen LogP contribution in [0.15, 0.2) is 17.1 Å². The Hall–Kier alpha value is -1.31. The van der Waals surface area contributed by atoms with Crippen LogP contribution < -0.4 is 10.9 Å². The smallest absolute Gasteiger partial charge is 0.255 e. The number of aromatic nitrogens is 3. The van der Waals surface area contributed by atoms with Crippen LogP contribution in [0.25, 0.3) is 11.0 Å². The van der Waals surface area contributed by atoms with E-state index < -0.39 is 15.6 Å². The number of hydrogen-bond acceptors (Lipinski definition) is 7. The first-order chi connectivity index (χ1) is 14.5. The van der Waals surface area contributed by atoms with Crippen LogP contribution in [-0.2, 0) is 10.0 Å². The zero-order chi connectivity index (χ0) is 22.6. The normalized spacial score (nSPS) is 28.3. The standard InChI is InChI=1S/C20H28IN5O4S/c1-12-10-13-11-22-19(23-14-5-8-25(9-6-14)31(3,29)30)24-17(13)26(18(12)27)16-15(21)4-7-20(16,2)28/h10-11,14-16,28H,4-9H2,1-3H3,(H,22,23,24)/t15?,16-,20-/m1/s1.